The van der Waals surface area contributed by atoms with Crippen molar-refractivity contribution in [2.45, 2.75) is 16.8 Å². The molecule has 0 saturated heterocycles. The van der Waals surface area contributed by atoms with E-state index < -0.39 is 28.5 Å². The monoisotopic (exact) mass is 349 g/mol. The molecule has 0 aliphatic heterocycles. The Labute approximate surface area is 140 Å². The first kappa shape index (κ1) is 18.1. The van der Waals surface area contributed by atoms with E-state index in [1.54, 1.807) is 42.5 Å². The van der Waals surface area contributed by atoms with Crippen molar-refractivity contribution >= 4 is 15.7 Å². The number of sulfone groups is 1. The first-order chi connectivity index (χ1) is 11.4. The number of aliphatic hydroxyl groups is 2. The maximum atomic E-state index is 12.7. The van der Waals surface area contributed by atoms with Gasteiger partial charge in [0.15, 0.2) is 9.84 Å². The molecule has 0 aliphatic carbocycles. The zero-order valence-corrected chi connectivity index (χ0v) is 13.7. The Morgan fingerprint density at radius 2 is 1.67 bits per heavy atom. The quantitative estimate of drug-likeness (QED) is 0.684. The van der Waals surface area contributed by atoms with Crippen molar-refractivity contribution in [1.82, 2.24) is 5.32 Å². The van der Waals surface area contributed by atoms with E-state index in [0.717, 1.165) is 0 Å². The summed E-state index contributed by atoms with van der Waals surface area (Å²) in [6.45, 7) is -0.656. The molecule has 24 heavy (non-hydrogen) atoms. The molecule has 0 aliphatic rings. The maximum absolute atomic E-state index is 12.7. The molecule has 1 atom stereocenters. The number of benzene rings is 2. The smallest absolute Gasteiger partial charge is 0.252 e. The van der Waals surface area contributed by atoms with Gasteiger partial charge in [-0.1, -0.05) is 42.5 Å². The van der Waals surface area contributed by atoms with Gasteiger partial charge in [0.1, 0.15) is 0 Å². The summed E-state index contributed by atoms with van der Waals surface area (Å²) in [7, 11) is -3.71. The molecule has 0 radical (unpaired) electrons. The van der Waals surface area contributed by atoms with Crippen LogP contribution in [0.4, 0.5) is 0 Å². The molecule has 0 fully saturated rings. The summed E-state index contributed by atoms with van der Waals surface area (Å²) < 4.78 is 25.3. The second-order valence-corrected chi connectivity index (χ2v) is 7.25. The number of nitrogens with one attached hydrogen (secondary N) is 1. The highest BCUT2D eigenvalue weighted by atomic mass is 32.2. The number of amides is 1. The van der Waals surface area contributed by atoms with Crippen LogP contribution in [0.1, 0.15) is 15.9 Å². The third kappa shape index (κ3) is 4.64. The zero-order chi connectivity index (χ0) is 17.6. The van der Waals surface area contributed by atoms with Gasteiger partial charge in [0.05, 0.1) is 28.9 Å². The second-order valence-electron chi connectivity index (χ2n) is 5.29. The minimum atomic E-state index is -3.71. The van der Waals surface area contributed by atoms with Crippen LogP contribution in [-0.2, 0) is 15.6 Å². The third-order valence-electron chi connectivity index (χ3n) is 3.38. The van der Waals surface area contributed by atoms with Crippen LogP contribution in [0.3, 0.4) is 0 Å². The van der Waals surface area contributed by atoms with Crippen molar-refractivity contribution in [3.8, 4) is 0 Å². The van der Waals surface area contributed by atoms with Crippen LogP contribution >= 0.6 is 0 Å². The summed E-state index contributed by atoms with van der Waals surface area (Å²) in [4.78, 5) is 12.2. The third-order valence-corrected chi connectivity index (χ3v) is 5.11. The van der Waals surface area contributed by atoms with Gasteiger partial charge in [-0.25, -0.2) is 8.42 Å². The van der Waals surface area contributed by atoms with Gasteiger partial charge in [0.25, 0.3) is 5.91 Å². The standard InChI is InChI=1S/C17H19NO5S/c19-11-14(20)10-18-17(21)15-8-4-5-9-16(15)24(22,23)12-13-6-2-1-3-7-13/h1-9,14,19-20H,10-12H2,(H,18,21)/t14-/m0/s1. The molecule has 0 spiro atoms. The Kier molecular flexibility index (Phi) is 6.08. The lowest BCUT2D eigenvalue weighted by Crippen LogP contribution is -2.34. The van der Waals surface area contributed by atoms with Crippen LogP contribution in [0, 0.1) is 0 Å². The van der Waals surface area contributed by atoms with E-state index in [2.05, 4.69) is 5.32 Å². The van der Waals surface area contributed by atoms with E-state index in [-0.39, 0.29) is 22.8 Å². The average Bonchev–Trinajstić information content (AvgIpc) is 2.59. The van der Waals surface area contributed by atoms with Crippen LogP contribution in [0.25, 0.3) is 0 Å². The van der Waals surface area contributed by atoms with E-state index in [1.807, 2.05) is 0 Å². The molecular formula is C17H19NO5S. The predicted octanol–water partition coefficient (Wildman–Crippen LogP) is 0.743. The summed E-state index contributed by atoms with van der Waals surface area (Å²) in [6, 6.07) is 14.6. The molecule has 2 rings (SSSR count). The molecule has 0 saturated carbocycles. The van der Waals surface area contributed by atoms with Crippen molar-refractivity contribution in [3.05, 3.63) is 65.7 Å². The Hall–Kier alpha value is -2.22. The summed E-state index contributed by atoms with van der Waals surface area (Å²) in [5.41, 5.74) is 0.641. The second kappa shape index (κ2) is 8.05. The minimum Gasteiger partial charge on any atom is -0.394 e. The summed E-state index contributed by atoms with van der Waals surface area (Å²) in [5, 5.41) is 20.5. The first-order valence-electron chi connectivity index (χ1n) is 7.37. The van der Waals surface area contributed by atoms with Crippen LogP contribution in [-0.4, -0.2) is 43.8 Å². The van der Waals surface area contributed by atoms with Crippen LogP contribution in [0.5, 0.6) is 0 Å². The number of aliphatic hydroxyl groups excluding tert-OH is 2. The first-order valence-corrected chi connectivity index (χ1v) is 9.02. The van der Waals surface area contributed by atoms with Crippen LogP contribution < -0.4 is 5.32 Å². The van der Waals surface area contributed by atoms with Crippen LogP contribution in [0.2, 0.25) is 0 Å². The molecule has 0 unspecified atom stereocenters. The topological polar surface area (TPSA) is 104 Å². The lowest BCUT2D eigenvalue weighted by atomic mass is 10.2. The molecule has 3 N–H and O–H groups in total. The average molecular weight is 349 g/mol. The lowest BCUT2D eigenvalue weighted by Gasteiger charge is -2.12. The van der Waals surface area contributed by atoms with Gasteiger partial charge >= 0.3 is 0 Å². The summed E-state index contributed by atoms with van der Waals surface area (Å²) >= 11 is 0. The molecule has 0 bridgehead atoms. The number of rotatable bonds is 7. The van der Waals surface area contributed by atoms with E-state index in [9.17, 15) is 18.3 Å². The zero-order valence-electron chi connectivity index (χ0n) is 12.9. The Morgan fingerprint density at radius 3 is 2.33 bits per heavy atom. The maximum Gasteiger partial charge on any atom is 0.252 e. The molecular weight excluding hydrogens is 330 g/mol. The van der Waals surface area contributed by atoms with Gasteiger partial charge in [-0.2, -0.15) is 0 Å². The highest BCUT2D eigenvalue weighted by Gasteiger charge is 2.22. The fourth-order valence-corrected chi connectivity index (χ4v) is 3.74. The molecule has 0 aromatic heterocycles. The summed E-state index contributed by atoms with van der Waals surface area (Å²) in [5.74, 6) is -0.827. The van der Waals surface area contributed by atoms with Gasteiger partial charge in [-0.3, -0.25) is 4.79 Å². The van der Waals surface area contributed by atoms with Gasteiger partial charge in [-0.05, 0) is 17.7 Å². The molecule has 2 aromatic carbocycles. The SMILES string of the molecule is O=C(NC[C@H](O)CO)c1ccccc1S(=O)(=O)Cc1ccccc1. The lowest BCUT2D eigenvalue weighted by molar-refractivity contribution is 0.0800. The van der Waals surface area contributed by atoms with E-state index in [4.69, 9.17) is 5.11 Å². The van der Waals surface area contributed by atoms with Gasteiger partial charge in [0, 0.05) is 6.54 Å². The normalized spacial score (nSPS) is 12.6. The Balaban J connectivity index is 2.26. The number of carbonyl (C=O) groups is 1. The number of hydrogen-bond donors (Lipinski definition) is 3. The van der Waals surface area contributed by atoms with Gasteiger partial charge in [0.2, 0.25) is 0 Å². The molecule has 0 heterocycles. The van der Waals surface area contributed by atoms with Crippen molar-refractivity contribution in [3.63, 3.8) is 0 Å². The van der Waals surface area contributed by atoms with Crippen molar-refractivity contribution in [2.75, 3.05) is 13.2 Å². The van der Waals surface area contributed by atoms with E-state index in [0.29, 0.717) is 5.56 Å². The molecule has 7 heteroatoms. The van der Waals surface area contributed by atoms with Gasteiger partial charge < -0.3 is 15.5 Å². The van der Waals surface area contributed by atoms with E-state index in [1.165, 1.54) is 12.1 Å². The highest BCUT2D eigenvalue weighted by molar-refractivity contribution is 7.90. The Morgan fingerprint density at radius 1 is 1.04 bits per heavy atom. The number of hydrogen-bond acceptors (Lipinski definition) is 5. The molecule has 1 amide bonds. The highest BCUT2D eigenvalue weighted by Crippen LogP contribution is 2.20. The van der Waals surface area contributed by atoms with Crippen molar-refractivity contribution in [1.29, 1.82) is 0 Å². The van der Waals surface area contributed by atoms with Crippen molar-refractivity contribution < 1.29 is 23.4 Å². The van der Waals surface area contributed by atoms with Gasteiger partial charge in [-0.15, -0.1) is 0 Å². The minimum absolute atomic E-state index is 0.0126. The number of carbonyl (C=O) groups excluding carboxylic acids is 1. The van der Waals surface area contributed by atoms with Crippen LogP contribution in [0.15, 0.2) is 59.5 Å². The molecule has 128 valence electrons. The fraction of sp³-hybridized carbons (Fsp3) is 0.235. The van der Waals surface area contributed by atoms with E-state index >= 15 is 0 Å². The Bertz CT molecular complexity index is 790. The predicted molar refractivity (Wildman–Crippen MR) is 89.2 cm³/mol. The summed E-state index contributed by atoms with van der Waals surface area (Å²) in [6.07, 6.45) is -1.10. The van der Waals surface area contributed by atoms with Crippen molar-refractivity contribution in [2.24, 2.45) is 0 Å². The fourth-order valence-electron chi connectivity index (χ4n) is 2.17. The molecule has 6 nitrogen and oxygen atoms in total. The largest absolute Gasteiger partial charge is 0.394 e. The molecule has 2 aromatic rings.